The van der Waals surface area contributed by atoms with E-state index in [-0.39, 0.29) is 42.2 Å². The van der Waals surface area contributed by atoms with E-state index in [1.54, 1.807) is 5.38 Å². The lowest BCUT2D eigenvalue weighted by Gasteiger charge is -2.00. The quantitative estimate of drug-likeness (QED) is 0.439. The van der Waals surface area contributed by atoms with Gasteiger partial charge in [-0.1, -0.05) is 0 Å². The molecule has 2 aromatic rings. The predicted molar refractivity (Wildman–Crippen MR) is 93.3 cm³/mol. The van der Waals surface area contributed by atoms with E-state index in [0.29, 0.717) is 24.5 Å². The van der Waals surface area contributed by atoms with E-state index in [0.717, 1.165) is 0 Å². The molecule has 0 saturated carbocycles. The average molecular weight is 380 g/mol. The summed E-state index contributed by atoms with van der Waals surface area (Å²) >= 11 is 1.27. The van der Waals surface area contributed by atoms with E-state index in [2.05, 4.69) is 25.9 Å². The van der Waals surface area contributed by atoms with E-state index >= 15 is 0 Å². The molecule has 0 spiro atoms. The normalized spacial score (nSPS) is 10.4. The number of hydrogen-bond acceptors (Lipinski definition) is 8. The van der Waals surface area contributed by atoms with Gasteiger partial charge in [0, 0.05) is 18.8 Å². The minimum Gasteiger partial charge on any atom is -0.446 e. The summed E-state index contributed by atoms with van der Waals surface area (Å²) in [6.07, 6.45) is 1.90. The molecule has 0 unspecified atom stereocenters. The fourth-order valence-electron chi connectivity index (χ4n) is 1.83. The molecule has 10 nitrogen and oxygen atoms in total. The molecular formula is C15H20N6O4S. The minimum absolute atomic E-state index is 0.0213. The van der Waals surface area contributed by atoms with Crippen molar-refractivity contribution in [3.63, 3.8) is 0 Å². The Morgan fingerprint density at radius 3 is 2.62 bits per heavy atom. The van der Waals surface area contributed by atoms with E-state index in [9.17, 15) is 14.4 Å². The molecular weight excluding hydrogens is 360 g/mol. The van der Waals surface area contributed by atoms with Crippen LogP contribution in [0.3, 0.4) is 0 Å². The number of nitrogens with zero attached hydrogens (tertiary/aromatic N) is 2. The van der Waals surface area contributed by atoms with Crippen LogP contribution in [0.4, 0.5) is 0 Å². The number of rotatable bonds is 9. The first kappa shape index (κ1) is 19.5. The van der Waals surface area contributed by atoms with Crippen LogP contribution in [0.5, 0.6) is 0 Å². The van der Waals surface area contributed by atoms with E-state index < -0.39 is 5.91 Å². The first-order valence-electron chi connectivity index (χ1n) is 7.89. The smallest absolute Gasteiger partial charge is 0.273 e. The number of hydrogen-bond donors (Lipinski definition) is 4. The third-order valence-corrected chi connectivity index (χ3v) is 3.97. The van der Waals surface area contributed by atoms with Crippen molar-refractivity contribution in [3.05, 3.63) is 33.9 Å². The summed E-state index contributed by atoms with van der Waals surface area (Å²) in [6.45, 7) is 2.64. The zero-order valence-corrected chi connectivity index (χ0v) is 15.0. The number of nitrogens with one attached hydrogen (secondary N) is 3. The molecule has 0 bridgehead atoms. The second kappa shape index (κ2) is 9.63. The standard InChI is InChI=1S/C15H20N6O4S/c1-9(22)18-6-13-21-11(8-26-13)15(24)19-5-12-20-10(7-25-12)14(23)17-4-2-3-16/h7-8H,2-6,16H2,1H3,(H,17,23)(H,18,22)(H,19,24). The molecule has 0 radical (unpaired) electrons. The maximum absolute atomic E-state index is 12.1. The van der Waals surface area contributed by atoms with Gasteiger partial charge in [0.15, 0.2) is 5.69 Å². The fourth-order valence-corrected chi connectivity index (χ4v) is 2.55. The van der Waals surface area contributed by atoms with Crippen LogP contribution in [0.1, 0.15) is 45.2 Å². The van der Waals surface area contributed by atoms with Crippen molar-refractivity contribution in [2.24, 2.45) is 5.73 Å². The molecule has 11 heteroatoms. The van der Waals surface area contributed by atoms with Crippen molar-refractivity contribution in [2.75, 3.05) is 13.1 Å². The van der Waals surface area contributed by atoms with Crippen molar-refractivity contribution < 1.29 is 18.8 Å². The Morgan fingerprint density at radius 2 is 1.88 bits per heavy atom. The molecule has 26 heavy (non-hydrogen) atoms. The van der Waals surface area contributed by atoms with Crippen molar-refractivity contribution >= 4 is 29.1 Å². The van der Waals surface area contributed by atoms with Gasteiger partial charge in [-0.15, -0.1) is 11.3 Å². The third kappa shape index (κ3) is 5.93. The summed E-state index contributed by atoms with van der Waals surface area (Å²) in [5.74, 6) is -0.724. The molecule has 2 heterocycles. The van der Waals surface area contributed by atoms with Crippen LogP contribution in [0.15, 0.2) is 16.1 Å². The van der Waals surface area contributed by atoms with Gasteiger partial charge in [-0.25, -0.2) is 9.97 Å². The van der Waals surface area contributed by atoms with Crippen LogP contribution in [-0.2, 0) is 17.9 Å². The van der Waals surface area contributed by atoms with Gasteiger partial charge in [-0.05, 0) is 13.0 Å². The Labute approximate surface area is 153 Å². The Balaban J connectivity index is 1.82. The SMILES string of the molecule is CC(=O)NCc1nc(C(=O)NCc2nc(C(=O)NCCCN)co2)cs1. The van der Waals surface area contributed by atoms with Crippen LogP contribution in [0, 0.1) is 0 Å². The Morgan fingerprint density at radius 1 is 1.12 bits per heavy atom. The highest BCUT2D eigenvalue weighted by atomic mass is 32.1. The summed E-state index contributed by atoms with van der Waals surface area (Å²) in [4.78, 5) is 42.9. The van der Waals surface area contributed by atoms with Crippen molar-refractivity contribution in [1.29, 1.82) is 0 Å². The highest BCUT2D eigenvalue weighted by Crippen LogP contribution is 2.10. The highest BCUT2D eigenvalue weighted by molar-refractivity contribution is 7.09. The van der Waals surface area contributed by atoms with Gasteiger partial charge < -0.3 is 26.1 Å². The number of carbonyl (C=O) groups is 3. The van der Waals surface area contributed by atoms with E-state index in [1.807, 2.05) is 0 Å². The van der Waals surface area contributed by atoms with Gasteiger partial charge in [-0.3, -0.25) is 14.4 Å². The van der Waals surface area contributed by atoms with Crippen molar-refractivity contribution in [1.82, 2.24) is 25.9 Å². The fraction of sp³-hybridized carbons (Fsp3) is 0.400. The maximum Gasteiger partial charge on any atom is 0.273 e. The van der Waals surface area contributed by atoms with Crippen LogP contribution in [-0.4, -0.2) is 40.8 Å². The maximum atomic E-state index is 12.1. The number of oxazole rings is 1. The van der Waals surface area contributed by atoms with Crippen molar-refractivity contribution in [3.8, 4) is 0 Å². The monoisotopic (exact) mass is 380 g/mol. The summed E-state index contributed by atoms with van der Waals surface area (Å²) in [7, 11) is 0. The molecule has 0 fully saturated rings. The lowest BCUT2D eigenvalue weighted by Crippen LogP contribution is -2.26. The second-order valence-electron chi connectivity index (χ2n) is 5.24. The molecule has 5 N–H and O–H groups in total. The Hall–Kier alpha value is -2.79. The Bertz CT molecular complexity index is 772. The molecule has 140 valence electrons. The van der Waals surface area contributed by atoms with E-state index in [1.165, 1.54) is 24.5 Å². The van der Waals surface area contributed by atoms with Crippen LogP contribution < -0.4 is 21.7 Å². The minimum atomic E-state index is -0.400. The van der Waals surface area contributed by atoms with Crippen LogP contribution in [0.25, 0.3) is 0 Å². The molecule has 3 amide bonds. The number of amides is 3. The first-order chi connectivity index (χ1) is 12.5. The molecule has 0 aliphatic rings. The van der Waals surface area contributed by atoms with E-state index in [4.69, 9.17) is 10.2 Å². The van der Waals surface area contributed by atoms with Gasteiger partial charge in [-0.2, -0.15) is 0 Å². The van der Waals surface area contributed by atoms with Crippen LogP contribution >= 0.6 is 11.3 Å². The zero-order chi connectivity index (χ0) is 18.9. The molecule has 0 saturated heterocycles. The molecule has 0 atom stereocenters. The topological polar surface area (TPSA) is 152 Å². The van der Waals surface area contributed by atoms with Gasteiger partial charge in [0.05, 0.1) is 13.1 Å². The van der Waals surface area contributed by atoms with Gasteiger partial charge >= 0.3 is 0 Å². The number of carbonyl (C=O) groups excluding carboxylic acids is 3. The summed E-state index contributed by atoms with van der Waals surface area (Å²) in [5, 5.41) is 10.1. The number of thiazole rings is 1. The number of aromatic nitrogens is 2. The molecule has 0 aliphatic carbocycles. The third-order valence-electron chi connectivity index (χ3n) is 3.12. The first-order valence-corrected chi connectivity index (χ1v) is 8.77. The van der Waals surface area contributed by atoms with Crippen LogP contribution in [0.2, 0.25) is 0 Å². The Kier molecular flexibility index (Phi) is 7.24. The zero-order valence-electron chi connectivity index (χ0n) is 14.2. The lowest BCUT2D eigenvalue weighted by molar-refractivity contribution is -0.119. The molecule has 0 aromatic carbocycles. The number of nitrogens with two attached hydrogens (primary N) is 1. The summed E-state index contributed by atoms with van der Waals surface area (Å²) in [5.41, 5.74) is 5.73. The summed E-state index contributed by atoms with van der Waals surface area (Å²) < 4.78 is 5.17. The molecule has 2 rings (SSSR count). The second-order valence-corrected chi connectivity index (χ2v) is 6.19. The summed E-state index contributed by atoms with van der Waals surface area (Å²) in [6, 6.07) is 0. The highest BCUT2D eigenvalue weighted by Gasteiger charge is 2.14. The van der Waals surface area contributed by atoms with Gasteiger partial charge in [0.1, 0.15) is 17.0 Å². The van der Waals surface area contributed by atoms with Gasteiger partial charge in [0.25, 0.3) is 11.8 Å². The average Bonchev–Trinajstić information content (AvgIpc) is 3.27. The molecule has 2 aromatic heterocycles. The lowest BCUT2D eigenvalue weighted by atomic mass is 10.4. The largest absolute Gasteiger partial charge is 0.446 e. The van der Waals surface area contributed by atoms with Gasteiger partial charge in [0.2, 0.25) is 11.8 Å². The molecule has 0 aliphatic heterocycles. The predicted octanol–water partition coefficient (Wildman–Crippen LogP) is -0.224. The van der Waals surface area contributed by atoms with Crippen molar-refractivity contribution in [2.45, 2.75) is 26.4 Å².